The molecule has 0 spiro atoms. The minimum absolute atomic E-state index is 0.341. The second-order valence-electron chi connectivity index (χ2n) is 6.15. The van der Waals surface area contributed by atoms with Gasteiger partial charge >= 0.3 is 0 Å². The Morgan fingerprint density at radius 1 is 1.06 bits per heavy atom. The number of nitrogens with one attached hydrogen (secondary N) is 1. The molecule has 18 heavy (non-hydrogen) atoms. The summed E-state index contributed by atoms with van der Waals surface area (Å²) in [6, 6.07) is 7.44. The fourth-order valence-electron chi connectivity index (χ4n) is 2.54. The second kappa shape index (κ2) is 6.38. The van der Waals surface area contributed by atoms with Crippen LogP contribution in [0.4, 0.5) is 0 Å². The van der Waals surface area contributed by atoms with Crippen LogP contribution >= 0.6 is 0 Å². The monoisotopic (exact) mass is 247 g/mol. The Bertz CT molecular complexity index is 359. The second-order valence-corrected chi connectivity index (χ2v) is 6.15. The standard InChI is InChI=1S/C17H29N/c1-7-17(5,6)16(18-8-2)12-15-10-13(3)9-14(4)11-15/h9-11,16,18H,7-8,12H2,1-6H3. The topological polar surface area (TPSA) is 12.0 Å². The zero-order valence-corrected chi connectivity index (χ0v) is 12.9. The van der Waals surface area contributed by atoms with Gasteiger partial charge in [0.2, 0.25) is 0 Å². The fourth-order valence-corrected chi connectivity index (χ4v) is 2.54. The number of rotatable bonds is 6. The minimum Gasteiger partial charge on any atom is -0.313 e. The third kappa shape index (κ3) is 4.13. The molecule has 0 saturated carbocycles. The van der Waals surface area contributed by atoms with Gasteiger partial charge in [-0.15, -0.1) is 0 Å². The van der Waals surface area contributed by atoms with Crippen LogP contribution < -0.4 is 5.32 Å². The van der Waals surface area contributed by atoms with E-state index in [-0.39, 0.29) is 0 Å². The van der Waals surface area contributed by atoms with Crippen LogP contribution in [0.25, 0.3) is 0 Å². The van der Waals surface area contributed by atoms with Crippen molar-refractivity contribution in [2.45, 2.75) is 60.4 Å². The molecule has 0 fully saturated rings. The van der Waals surface area contributed by atoms with E-state index in [0.717, 1.165) is 13.0 Å². The molecule has 1 rings (SSSR count). The molecule has 0 aliphatic heterocycles. The molecule has 1 heteroatoms. The van der Waals surface area contributed by atoms with Gasteiger partial charge in [0.15, 0.2) is 0 Å². The van der Waals surface area contributed by atoms with Gasteiger partial charge in [-0.25, -0.2) is 0 Å². The molecule has 1 aromatic rings. The molecule has 0 heterocycles. The Morgan fingerprint density at radius 2 is 1.61 bits per heavy atom. The maximum atomic E-state index is 3.66. The molecule has 1 N–H and O–H groups in total. The Morgan fingerprint density at radius 3 is 2.06 bits per heavy atom. The number of hydrogen-bond acceptors (Lipinski definition) is 1. The van der Waals surface area contributed by atoms with E-state index in [0.29, 0.717) is 11.5 Å². The summed E-state index contributed by atoms with van der Waals surface area (Å²) in [4.78, 5) is 0. The highest BCUT2D eigenvalue weighted by Crippen LogP contribution is 2.27. The molecule has 1 nitrogen and oxygen atoms in total. The van der Waals surface area contributed by atoms with Crippen molar-refractivity contribution in [3.63, 3.8) is 0 Å². The lowest BCUT2D eigenvalue weighted by Crippen LogP contribution is -2.43. The van der Waals surface area contributed by atoms with Crippen LogP contribution in [0.1, 0.15) is 50.8 Å². The van der Waals surface area contributed by atoms with E-state index in [2.05, 4.69) is 65.1 Å². The first-order valence-corrected chi connectivity index (χ1v) is 7.19. The van der Waals surface area contributed by atoms with Gasteiger partial charge in [0.1, 0.15) is 0 Å². The Balaban J connectivity index is 2.89. The smallest absolute Gasteiger partial charge is 0.0158 e. The third-order valence-electron chi connectivity index (χ3n) is 4.03. The molecule has 102 valence electrons. The van der Waals surface area contributed by atoms with Gasteiger partial charge in [0.25, 0.3) is 0 Å². The SMILES string of the molecule is CCNC(Cc1cc(C)cc(C)c1)C(C)(C)CC. The molecule has 0 aliphatic rings. The predicted octanol–water partition coefficient (Wildman–Crippen LogP) is 4.26. The molecule has 1 unspecified atom stereocenters. The van der Waals surface area contributed by atoms with E-state index in [1.54, 1.807) is 0 Å². The van der Waals surface area contributed by atoms with Crippen LogP contribution in [0.3, 0.4) is 0 Å². The number of likely N-dealkylation sites (N-methyl/N-ethyl adjacent to an activating group) is 1. The first-order valence-electron chi connectivity index (χ1n) is 7.19. The fraction of sp³-hybridized carbons (Fsp3) is 0.647. The van der Waals surface area contributed by atoms with Crippen LogP contribution in [0.5, 0.6) is 0 Å². The van der Waals surface area contributed by atoms with Gasteiger partial charge < -0.3 is 5.32 Å². The number of aryl methyl sites for hydroxylation is 2. The summed E-state index contributed by atoms with van der Waals surface area (Å²) in [5.74, 6) is 0. The summed E-state index contributed by atoms with van der Waals surface area (Å²) in [7, 11) is 0. The van der Waals surface area contributed by atoms with Gasteiger partial charge in [-0.2, -0.15) is 0 Å². The molecule has 0 saturated heterocycles. The lowest BCUT2D eigenvalue weighted by Gasteiger charge is -2.34. The van der Waals surface area contributed by atoms with Gasteiger partial charge in [0.05, 0.1) is 0 Å². The summed E-state index contributed by atoms with van der Waals surface area (Å²) in [5.41, 5.74) is 4.54. The first-order chi connectivity index (χ1) is 8.39. The maximum Gasteiger partial charge on any atom is 0.0158 e. The normalized spacial score (nSPS) is 13.7. The Kier molecular flexibility index (Phi) is 5.40. The minimum atomic E-state index is 0.341. The quantitative estimate of drug-likeness (QED) is 0.792. The summed E-state index contributed by atoms with van der Waals surface area (Å²) < 4.78 is 0. The lowest BCUT2D eigenvalue weighted by molar-refractivity contribution is 0.232. The van der Waals surface area contributed by atoms with Crippen LogP contribution in [0.2, 0.25) is 0 Å². The lowest BCUT2D eigenvalue weighted by atomic mass is 9.78. The van der Waals surface area contributed by atoms with Crippen LogP contribution in [-0.4, -0.2) is 12.6 Å². The summed E-state index contributed by atoms with van der Waals surface area (Å²) in [6.07, 6.45) is 2.33. The first kappa shape index (κ1) is 15.2. The van der Waals surface area contributed by atoms with Crippen molar-refractivity contribution in [2.75, 3.05) is 6.54 Å². The molecule has 0 amide bonds. The molecular formula is C17H29N. The van der Waals surface area contributed by atoms with E-state index in [9.17, 15) is 0 Å². The van der Waals surface area contributed by atoms with Crippen LogP contribution in [0.15, 0.2) is 18.2 Å². The van der Waals surface area contributed by atoms with Gasteiger partial charge in [0, 0.05) is 6.04 Å². The zero-order chi connectivity index (χ0) is 13.8. The largest absolute Gasteiger partial charge is 0.313 e. The van der Waals surface area contributed by atoms with E-state index in [1.165, 1.54) is 23.1 Å². The predicted molar refractivity (Wildman–Crippen MR) is 81.2 cm³/mol. The molecule has 0 radical (unpaired) electrons. The Labute approximate surface area is 113 Å². The van der Waals surface area contributed by atoms with Crippen molar-refractivity contribution in [1.29, 1.82) is 0 Å². The Hall–Kier alpha value is -0.820. The molecule has 1 atom stereocenters. The molecule has 0 aromatic heterocycles. The van der Waals surface area contributed by atoms with Crippen molar-refractivity contribution in [1.82, 2.24) is 5.32 Å². The highest BCUT2D eigenvalue weighted by Gasteiger charge is 2.27. The molecule has 0 aliphatic carbocycles. The average molecular weight is 247 g/mol. The van der Waals surface area contributed by atoms with E-state index >= 15 is 0 Å². The third-order valence-corrected chi connectivity index (χ3v) is 4.03. The summed E-state index contributed by atoms with van der Waals surface area (Å²) >= 11 is 0. The van der Waals surface area contributed by atoms with Crippen molar-refractivity contribution < 1.29 is 0 Å². The van der Waals surface area contributed by atoms with Crippen molar-refractivity contribution in [3.05, 3.63) is 34.9 Å². The summed E-state index contributed by atoms with van der Waals surface area (Å²) in [6.45, 7) is 14.6. The number of benzene rings is 1. The highest BCUT2D eigenvalue weighted by molar-refractivity contribution is 5.29. The van der Waals surface area contributed by atoms with Crippen molar-refractivity contribution in [2.24, 2.45) is 5.41 Å². The molecule has 1 aromatic carbocycles. The number of hydrogen-bond donors (Lipinski definition) is 1. The van der Waals surface area contributed by atoms with E-state index < -0.39 is 0 Å². The van der Waals surface area contributed by atoms with Crippen molar-refractivity contribution in [3.8, 4) is 0 Å². The molecular weight excluding hydrogens is 218 g/mol. The van der Waals surface area contributed by atoms with Crippen molar-refractivity contribution >= 4 is 0 Å². The van der Waals surface area contributed by atoms with Crippen LogP contribution in [0, 0.1) is 19.3 Å². The van der Waals surface area contributed by atoms with E-state index in [1.807, 2.05) is 0 Å². The zero-order valence-electron chi connectivity index (χ0n) is 12.9. The van der Waals surface area contributed by atoms with E-state index in [4.69, 9.17) is 0 Å². The van der Waals surface area contributed by atoms with Gasteiger partial charge in [-0.3, -0.25) is 0 Å². The van der Waals surface area contributed by atoms with Gasteiger partial charge in [-0.05, 0) is 44.2 Å². The molecule has 0 bridgehead atoms. The van der Waals surface area contributed by atoms with Crippen LogP contribution in [-0.2, 0) is 6.42 Å². The van der Waals surface area contributed by atoms with Gasteiger partial charge in [-0.1, -0.05) is 57.0 Å². The highest BCUT2D eigenvalue weighted by atomic mass is 14.9. The maximum absolute atomic E-state index is 3.66. The summed E-state index contributed by atoms with van der Waals surface area (Å²) in [5, 5.41) is 3.66. The average Bonchev–Trinajstić information content (AvgIpc) is 2.27.